The van der Waals surface area contributed by atoms with E-state index in [1.807, 2.05) is 0 Å². The van der Waals surface area contributed by atoms with Gasteiger partial charge in [0.1, 0.15) is 5.75 Å². The number of nitrogens with zero attached hydrogens (tertiary/aromatic N) is 2. The number of carbonyl (C=O) groups excluding carboxylic acids is 1. The molecule has 1 unspecified atom stereocenters. The van der Waals surface area contributed by atoms with Crippen LogP contribution in [0.15, 0.2) is 41.6 Å². The van der Waals surface area contributed by atoms with Gasteiger partial charge in [-0.05, 0) is 43.3 Å². The fourth-order valence-electron chi connectivity index (χ4n) is 2.59. The van der Waals surface area contributed by atoms with Crippen molar-refractivity contribution < 1.29 is 22.7 Å². The molecule has 0 aliphatic heterocycles. The summed E-state index contributed by atoms with van der Waals surface area (Å²) in [5.74, 6) is 0.237. The van der Waals surface area contributed by atoms with E-state index in [-0.39, 0.29) is 15.9 Å². The Kier molecular flexibility index (Phi) is 7.03. The zero-order valence-electron chi connectivity index (χ0n) is 16.1. The maximum Gasteiger partial charge on any atom is 0.418 e. The molecule has 3 rings (SSSR count). The normalized spacial score (nSPS) is 12.5. The Balaban J connectivity index is 1.74. The van der Waals surface area contributed by atoms with Crippen LogP contribution in [-0.4, -0.2) is 33.4 Å². The molecule has 0 fully saturated rings. The van der Waals surface area contributed by atoms with Gasteiger partial charge in [0, 0.05) is 10.0 Å². The van der Waals surface area contributed by atoms with Crippen molar-refractivity contribution in [1.82, 2.24) is 15.2 Å². The van der Waals surface area contributed by atoms with Crippen LogP contribution in [0.5, 0.6) is 5.75 Å². The predicted octanol–water partition coefficient (Wildman–Crippen LogP) is 5.93. The van der Waals surface area contributed by atoms with E-state index < -0.39 is 22.9 Å². The van der Waals surface area contributed by atoms with Crippen molar-refractivity contribution in [2.45, 2.75) is 23.5 Å². The van der Waals surface area contributed by atoms with E-state index in [2.05, 4.69) is 20.5 Å². The monoisotopic (exact) mass is 490 g/mol. The van der Waals surface area contributed by atoms with Crippen molar-refractivity contribution in [3.8, 4) is 17.1 Å². The molecule has 0 saturated heterocycles. The molecule has 1 atom stereocenters. The Morgan fingerprint density at radius 1 is 1.19 bits per heavy atom. The lowest BCUT2D eigenvalue weighted by Gasteiger charge is -2.16. The van der Waals surface area contributed by atoms with E-state index in [0.29, 0.717) is 22.2 Å². The second-order valence-corrected chi connectivity index (χ2v) is 8.43. The Labute approximate surface area is 189 Å². The minimum Gasteiger partial charge on any atom is -0.496 e. The first-order valence-electron chi connectivity index (χ1n) is 8.69. The number of ether oxygens (including phenoxy) is 1. The zero-order valence-corrected chi connectivity index (χ0v) is 18.4. The number of rotatable bonds is 6. The van der Waals surface area contributed by atoms with Crippen LogP contribution >= 0.6 is 35.0 Å². The van der Waals surface area contributed by atoms with Gasteiger partial charge in [-0.1, -0.05) is 35.0 Å². The van der Waals surface area contributed by atoms with Crippen molar-refractivity contribution >= 4 is 46.6 Å². The minimum atomic E-state index is -4.67. The van der Waals surface area contributed by atoms with Crippen molar-refractivity contribution in [2.75, 3.05) is 12.4 Å². The summed E-state index contributed by atoms with van der Waals surface area (Å²) in [5.41, 5.74) is -0.838. The summed E-state index contributed by atoms with van der Waals surface area (Å²) < 4.78 is 44.9. The molecule has 1 aromatic heterocycles. The van der Waals surface area contributed by atoms with Gasteiger partial charge < -0.3 is 10.1 Å². The predicted molar refractivity (Wildman–Crippen MR) is 114 cm³/mol. The van der Waals surface area contributed by atoms with Gasteiger partial charge in [-0.3, -0.25) is 9.89 Å². The Bertz CT molecular complexity index is 1110. The second kappa shape index (κ2) is 9.37. The number of hydrogen-bond acceptors (Lipinski definition) is 5. The van der Waals surface area contributed by atoms with E-state index >= 15 is 0 Å². The van der Waals surface area contributed by atoms with Gasteiger partial charge >= 0.3 is 6.18 Å². The third-order valence-electron chi connectivity index (χ3n) is 4.08. The summed E-state index contributed by atoms with van der Waals surface area (Å²) in [4.78, 5) is 16.8. The number of alkyl halides is 3. The summed E-state index contributed by atoms with van der Waals surface area (Å²) in [6.07, 6.45) is -4.67. The molecular formula is C19H15Cl2F3N4O2S. The standard InChI is InChI=1S/C19H15Cl2F3N4O2S/c1-9(17(29)25-14-5-3-11(21)8-13(14)19(22,23)24)31-18-26-16(27-28-18)12-7-10(20)4-6-15(12)30-2/h3-9H,1-2H3,(H,25,29)(H,26,27,28). The first kappa shape index (κ1) is 23.2. The van der Waals surface area contributed by atoms with Gasteiger partial charge in [0.05, 0.1) is 29.2 Å². The highest BCUT2D eigenvalue weighted by Gasteiger charge is 2.34. The number of benzene rings is 2. The number of carbonyl (C=O) groups is 1. The van der Waals surface area contributed by atoms with Gasteiger partial charge in [0.25, 0.3) is 0 Å². The average molecular weight is 491 g/mol. The number of thioether (sulfide) groups is 1. The quantitative estimate of drug-likeness (QED) is 0.418. The largest absolute Gasteiger partial charge is 0.496 e. The van der Waals surface area contributed by atoms with Crippen molar-refractivity contribution in [2.24, 2.45) is 0 Å². The Morgan fingerprint density at radius 3 is 2.55 bits per heavy atom. The number of anilines is 1. The molecule has 6 nitrogen and oxygen atoms in total. The third kappa shape index (κ3) is 5.63. The molecule has 2 aromatic carbocycles. The molecule has 12 heteroatoms. The van der Waals surface area contributed by atoms with Crippen LogP contribution in [0.4, 0.5) is 18.9 Å². The lowest BCUT2D eigenvalue weighted by molar-refractivity contribution is -0.137. The molecule has 31 heavy (non-hydrogen) atoms. The molecule has 0 aliphatic rings. The number of hydrogen-bond donors (Lipinski definition) is 2. The number of nitrogens with one attached hydrogen (secondary N) is 2. The molecule has 1 amide bonds. The van der Waals surface area contributed by atoms with Crippen LogP contribution in [0.2, 0.25) is 10.0 Å². The topological polar surface area (TPSA) is 79.9 Å². The Morgan fingerprint density at radius 2 is 1.87 bits per heavy atom. The SMILES string of the molecule is COc1ccc(Cl)cc1-c1nc(SC(C)C(=O)Nc2ccc(Cl)cc2C(F)(F)F)n[nH]1. The molecule has 164 valence electrons. The van der Waals surface area contributed by atoms with Crippen LogP contribution in [0, 0.1) is 0 Å². The lowest BCUT2D eigenvalue weighted by Crippen LogP contribution is -2.24. The molecular weight excluding hydrogens is 476 g/mol. The van der Waals surface area contributed by atoms with Crippen molar-refractivity contribution in [3.63, 3.8) is 0 Å². The van der Waals surface area contributed by atoms with Gasteiger partial charge in [0.15, 0.2) is 5.82 Å². The number of aromatic amines is 1. The molecule has 3 aromatic rings. The van der Waals surface area contributed by atoms with E-state index in [4.69, 9.17) is 27.9 Å². The van der Waals surface area contributed by atoms with E-state index in [0.717, 1.165) is 23.9 Å². The maximum atomic E-state index is 13.2. The maximum absolute atomic E-state index is 13.2. The number of H-pyrrole nitrogens is 1. The lowest BCUT2D eigenvalue weighted by atomic mass is 10.1. The van der Waals surface area contributed by atoms with Gasteiger partial charge in [-0.15, -0.1) is 5.10 Å². The van der Waals surface area contributed by atoms with Crippen molar-refractivity contribution in [1.29, 1.82) is 0 Å². The summed E-state index contributed by atoms with van der Waals surface area (Å²) >= 11 is 12.7. The van der Waals surface area contributed by atoms with Crippen LogP contribution in [-0.2, 0) is 11.0 Å². The number of aromatic nitrogens is 3. The van der Waals surface area contributed by atoms with Crippen LogP contribution in [0.1, 0.15) is 12.5 Å². The van der Waals surface area contributed by atoms with E-state index in [1.165, 1.54) is 20.1 Å². The fraction of sp³-hybridized carbons (Fsp3) is 0.211. The first-order valence-corrected chi connectivity index (χ1v) is 10.3. The van der Waals surface area contributed by atoms with Crippen LogP contribution in [0.25, 0.3) is 11.4 Å². The summed E-state index contributed by atoms with van der Waals surface area (Å²) in [7, 11) is 1.50. The highest BCUT2D eigenvalue weighted by molar-refractivity contribution is 8.00. The fourth-order valence-corrected chi connectivity index (χ4v) is 3.66. The summed E-state index contributed by atoms with van der Waals surface area (Å²) in [5, 5.41) is 8.89. The molecule has 0 saturated carbocycles. The second-order valence-electron chi connectivity index (χ2n) is 6.25. The summed E-state index contributed by atoms with van der Waals surface area (Å²) in [6.45, 7) is 1.53. The van der Waals surface area contributed by atoms with Crippen LogP contribution < -0.4 is 10.1 Å². The highest BCUT2D eigenvalue weighted by atomic mass is 35.5. The Hall–Kier alpha value is -2.43. The van der Waals surface area contributed by atoms with E-state index in [9.17, 15) is 18.0 Å². The van der Waals surface area contributed by atoms with Gasteiger partial charge in [-0.2, -0.15) is 13.2 Å². The number of amides is 1. The molecule has 0 radical (unpaired) electrons. The average Bonchev–Trinajstić information content (AvgIpc) is 3.16. The first-order chi connectivity index (χ1) is 14.6. The number of halogens is 5. The van der Waals surface area contributed by atoms with Gasteiger partial charge in [-0.25, -0.2) is 4.98 Å². The molecule has 0 spiro atoms. The number of methoxy groups -OCH3 is 1. The third-order valence-corrected chi connectivity index (χ3v) is 5.51. The minimum absolute atomic E-state index is 0.0857. The summed E-state index contributed by atoms with van der Waals surface area (Å²) in [6, 6.07) is 8.11. The molecule has 0 aliphatic carbocycles. The van der Waals surface area contributed by atoms with Crippen LogP contribution in [0.3, 0.4) is 0 Å². The smallest absolute Gasteiger partial charge is 0.418 e. The highest BCUT2D eigenvalue weighted by Crippen LogP contribution is 2.37. The molecule has 2 N–H and O–H groups in total. The molecule has 1 heterocycles. The van der Waals surface area contributed by atoms with E-state index in [1.54, 1.807) is 18.2 Å². The van der Waals surface area contributed by atoms with Gasteiger partial charge in [0.2, 0.25) is 11.1 Å². The zero-order chi connectivity index (χ0) is 22.8. The van der Waals surface area contributed by atoms with Crippen molar-refractivity contribution in [3.05, 3.63) is 52.0 Å². The molecule has 0 bridgehead atoms.